The first-order valence-electron chi connectivity index (χ1n) is 11.8. The average molecular weight is 457 g/mol. The SMILES string of the molecule is Cc1ccccc1N1CCN(C(=O)CC(c2ccccc2F)c2cnc3c(C)cccn23)CC1. The predicted molar refractivity (Wildman–Crippen MR) is 133 cm³/mol. The van der Waals surface area contributed by atoms with E-state index in [9.17, 15) is 9.18 Å². The minimum Gasteiger partial charge on any atom is -0.368 e. The number of pyridine rings is 1. The van der Waals surface area contributed by atoms with Crippen LogP contribution in [0.4, 0.5) is 10.1 Å². The molecule has 5 rings (SSSR count). The largest absolute Gasteiger partial charge is 0.368 e. The number of imidazole rings is 1. The summed E-state index contributed by atoms with van der Waals surface area (Å²) in [6, 6.07) is 19.0. The number of hydrogen-bond donors (Lipinski definition) is 0. The van der Waals surface area contributed by atoms with Crippen molar-refractivity contribution in [3.05, 3.63) is 101 Å². The Balaban J connectivity index is 1.39. The molecule has 1 fully saturated rings. The van der Waals surface area contributed by atoms with Gasteiger partial charge in [0.15, 0.2) is 0 Å². The number of piperazine rings is 1. The van der Waals surface area contributed by atoms with Crippen molar-refractivity contribution in [2.24, 2.45) is 0 Å². The number of para-hydroxylation sites is 1. The Hall–Kier alpha value is -3.67. The van der Waals surface area contributed by atoms with E-state index >= 15 is 0 Å². The van der Waals surface area contributed by atoms with Crippen LogP contribution in [0.2, 0.25) is 0 Å². The number of amides is 1. The topological polar surface area (TPSA) is 40.8 Å². The first-order valence-corrected chi connectivity index (χ1v) is 11.8. The minimum absolute atomic E-state index is 0.0419. The van der Waals surface area contributed by atoms with Crippen molar-refractivity contribution in [2.45, 2.75) is 26.2 Å². The lowest BCUT2D eigenvalue weighted by Gasteiger charge is -2.37. The second-order valence-electron chi connectivity index (χ2n) is 9.00. The number of hydrogen-bond acceptors (Lipinski definition) is 3. The van der Waals surface area contributed by atoms with Gasteiger partial charge >= 0.3 is 0 Å². The number of aromatic nitrogens is 2. The van der Waals surface area contributed by atoms with Gasteiger partial charge < -0.3 is 14.2 Å². The molecule has 1 saturated heterocycles. The average Bonchev–Trinajstić information content (AvgIpc) is 3.29. The molecule has 0 saturated carbocycles. The van der Waals surface area contributed by atoms with Crippen LogP contribution in [0, 0.1) is 19.7 Å². The normalized spacial score (nSPS) is 15.0. The molecule has 1 unspecified atom stereocenters. The maximum atomic E-state index is 14.9. The molecule has 0 bridgehead atoms. The van der Waals surface area contributed by atoms with Crippen molar-refractivity contribution < 1.29 is 9.18 Å². The van der Waals surface area contributed by atoms with E-state index in [4.69, 9.17) is 0 Å². The van der Waals surface area contributed by atoms with Crippen molar-refractivity contribution in [1.29, 1.82) is 0 Å². The number of rotatable bonds is 5. The van der Waals surface area contributed by atoms with Crippen LogP contribution >= 0.6 is 0 Å². The monoisotopic (exact) mass is 456 g/mol. The van der Waals surface area contributed by atoms with Crippen molar-refractivity contribution >= 4 is 17.2 Å². The number of fused-ring (bicyclic) bond motifs is 1. The van der Waals surface area contributed by atoms with Crippen LogP contribution in [-0.2, 0) is 4.79 Å². The summed E-state index contributed by atoms with van der Waals surface area (Å²) < 4.78 is 16.9. The Morgan fingerprint density at radius 2 is 1.65 bits per heavy atom. The standard InChI is InChI=1S/C28H29FN4O/c1-20-8-3-6-12-25(20)31-14-16-32(17-15-31)27(34)18-23(22-10-4-5-11-24(22)29)26-19-30-28-21(2)9-7-13-33(26)28/h3-13,19,23H,14-18H2,1-2H3. The van der Waals surface area contributed by atoms with Crippen LogP contribution in [0.15, 0.2) is 73.1 Å². The molecule has 1 aliphatic heterocycles. The maximum absolute atomic E-state index is 14.9. The predicted octanol–water partition coefficient (Wildman–Crippen LogP) is 4.96. The minimum atomic E-state index is -0.417. The first kappa shape index (κ1) is 22.1. The molecule has 0 N–H and O–H groups in total. The van der Waals surface area contributed by atoms with Crippen molar-refractivity contribution in [1.82, 2.24) is 14.3 Å². The van der Waals surface area contributed by atoms with Crippen LogP contribution < -0.4 is 4.90 Å². The van der Waals surface area contributed by atoms with Crippen LogP contribution in [0.5, 0.6) is 0 Å². The van der Waals surface area contributed by atoms with Crippen molar-refractivity contribution in [2.75, 3.05) is 31.1 Å². The molecule has 2 aromatic carbocycles. The highest BCUT2D eigenvalue weighted by molar-refractivity contribution is 5.78. The fourth-order valence-corrected chi connectivity index (χ4v) is 4.98. The summed E-state index contributed by atoms with van der Waals surface area (Å²) in [7, 11) is 0. The van der Waals surface area contributed by atoms with E-state index in [1.165, 1.54) is 17.3 Å². The highest BCUT2D eigenvalue weighted by atomic mass is 19.1. The smallest absolute Gasteiger partial charge is 0.223 e. The number of nitrogens with zero attached hydrogens (tertiary/aromatic N) is 4. The molecular formula is C28H29FN4O. The Morgan fingerprint density at radius 3 is 2.41 bits per heavy atom. The third-order valence-electron chi connectivity index (χ3n) is 6.86. The van der Waals surface area contributed by atoms with E-state index in [1.54, 1.807) is 18.3 Å². The van der Waals surface area contributed by atoms with Gasteiger partial charge in [0, 0.05) is 56.6 Å². The van der Waals surface area contributed by atoms with Crippen LogP contribution in [-0.4, -0.2) is 46.4 Å². The third kappa shape index (κ3) is 4.16. The van der Waals surface area contributed by atoms with Gasteiger partial charge in [-0.05, 0) is 48.7 Å². The van der Waals surface area contributed by atoms with Crippen LogP contribution in [0.25, 0.3) is 5.65 Å². The second kappa shape index (κ2) is 9.29. The molecule has 3 heterocycles. The van der Waals surface area contributed by atoms with Crippen LogP contribution in [0.3, 0.4) is 0 Å². The Bertz CT molecular complexity index is 1320. The number of benzene rings is 2. The van der Waals surface area contributed by atoms with E-state index in [1.807, 2.05) is 46.7 Å². The summed E-state index contributed by atoms with van der Waals surface area (Å²) in [4.78, 5) is 22.3. The highest BCUT2D eigenvalue weighted by Crippen LogP contribution is 2.32. The van der Waals surface area contributed by atoms with E-state index in [2.05, 4.69) is 35.0 Å². The summed E-state index contributed by atoms with van der Waals surface area (Å²) >= 11 is 0. The molecule has 5 nitrogen and oxygen atoms in total. The van der Waals surface area contributed by atoms with E-state index < -0.39 is 5.92 Å². The van der Waals surface area contributed by atoms with Gasteiger partial charge in [-0.3, -0.25) is 4.79 Å². The van der Waals surface area contributed by atoms with Gasteiger partial charge in [0.2, 0.25) is 5.91 Å². The summed E-state index contributed by atoms with van der Waals surface area (Å²) in [5.41, 5.74) is 5.69. The molecule has 4 aromatic rings. The van der Waals surface area contributed by atoms with Gasteiger partial charge in [0.25, 0.3) is 0 Å². The third-order valence-corrected chi connectivity index (χ3v) is 6.86. The van der Waals surface area contributed by atoms with Gasteiger partial charge in [0.05, 0.1) is 5.69 Å². The fourth-order valence-electron chi connectivity index (χ4n) is 4.98. The quantitative estimate of drug-likeness (QED) is 0.426. The Kier molecular flexibility index (Phi) is 6.05. The summed E-state index contributed by atoms with van der Waals surface area (Å²) in [6.07, 6.45) is 3.92. The molecule has 0 radical (unpaired) electrons. The molecule has 1 aliphatic rings. The molecule has 0 aliphatic carbocycles. The van der Waals surface area contributed by atoms with E-state index in [-0.39, 0.29) is 18.1 Å². The second-order valence-corrected chi connectivity index (χ2v) is 9.00. The van der Waals surface area contributed by atoms with Gasteiger partial charge in [-0.1, -0.05) is 42.5 Å². The number of halogens is 1. The number of aryl methyl sites for hydroxylation is 2. The van der Waals surface area contributed by atoms with Crippen molar-refractivity contribution in [3.63, 3.8) is 0 Å². The van der Waals surface area contributed by atoms with Gasteiger partial charge in [0.1, 0.15) is 11.5 Å². The van der Waals surface area contributed by atoms with E-state index in [0.717, 1.165) is 30.0 Å². The van der Waals surface area contributed by atoms with Gasteiger partial charge in [-0.25, -0.2) is 9.37 Å². The molecule has 2 aromatic heterocycles. The zero-order valence-electron chi connectivity index (χ0n) is 19.6. The summed E-state index contributed by atoms with van der Waals surface area (Å²) in [5.74, 6) is -0.674. The zero-order chi connectivity index (χ0) is 23.7. The maximum Gasteiger partial charge on any atom is 0.223 e. The highest BCUT2D eigenvalue weighted by Gasteiger charge is 2.29. The number of carbonyl (C=O) groups excluding carboxylic acids is 1. The number of anilines is 1. The van der Waals surface area contributed by atoms with Crippen LogP contribution in [0.1, 0.15) is 34.7 Å². The lowest BCUT2D eigenvalue weighted by molar-refractivity contribution is -0.131. The summed E-state index contributed by atoms with van der Waals surface area (Å²) in [6.45, 7) is 7.01. The number of carbonyl (C=O) groups is 1. The first-order chi connectivity index (χ1) is 16.5. The molecular weight excluding hydrogens is 427 g/mol. The van der Waals surface area contributed by atoms with Gasteiger partial charge in [-0.2, -0.15) is 0 Å². The lowest BCUT2D eigenvalue weighted by Crippen LogP contribution is -2.49. The van der Waals surface area contributed by atoms with Gasteiger partial charge in [-0.15, -0.1) is 0 Å². The molecule has 1 amide bonds. The Morgan fingerprint density at radius 1 is 0.941 bits per heavy atom. The van der Waals surface area contributed by atoms with Crippen molar-refractivity contribution in [3.8, 4) is 0 Å². The molecule has 174 valence electrons. The Labute approximate surface area is 199 Å². The molecule has 1 atom stereocenters. The fraction of sp³-hybridized carbons (Fsp3) is 0.286. The van der Waals surface area contributed by atoms with E-state index in [0.29, 0.717) is 18.7 Å². The molecule has 0 spiro atoms. The lowest BCUT2D eigenvalue weighted by atomic mass is 9.91. The summed E-state index contributed by atoms with van der Waals surface area (Å²) in [5, 5.41) is 0. The zero-order valence-corrected chi connectivity index (χ0v) is 19.6. The molecule has 34 heavy (non-hydrogen) atoms. The molecule has 6 heteroatoms.